The number of carbonyl (C=O) groups excluding carboxylic acids is 1. The van der Waals surface area contributed by atoms with Crippen molar-refractivity contribution in [1.29, 1.82) is 0 Å². The van der Waals surface area contributed by atoms with E-state index in [9.17, 15) is 19.6 Å². The minimum Gasteiger partial charge on any atom is -0.733 e. The zero-order chi connectivity index (χ0) is 24.3. The third-order valence-corrected chi connectivity index (χ3v) is 7.45. The van der Waals surface area contributed by atoms with Gasteiger partial charge in [0, 0.05) is 48.3 Å². The number of fused-ring (bicyclic) bond motifs is 7. The fourth-order valence-electron chi connectivity index (χ4n) is 5.87. The van der Waals surface area contributed by atoms with Gasteiger partial charge in [-0.25, -0.2) is 4.79 Å². The lowest BCUT2D eigenvalue weighted by Crippen LogP contribution is -2.50. The van der Waals surface area contributed by atoms with Crippen molar-refractivity contribution in [2.24, 2.45) is 5.92 Å². The van der Waals surface area contributed by atoms with Gasteiger partial charge in [-0.15, -0.1) is 0 Å². The van der Waals surface area contributed by atoms with Gasteiger partial charge in [0.05, 0.1) is 0 Å². The number of piperidine rings is 1. The zero-order valence-electron chi connectivity index (χ0n) is 18.9. The van der Waals surface area contributed by atoms with Crippen LogP contribution in [0.5, 0.6) is 5.75 Å². The molecule has 3 aromatic rings. The maximum atomic E-state index is 13.0. The van der Waals surface area contributed by atoms with Crippen molar-refractivity contribution < 1.29 is 19.2 Å². The summed E-state index contributed by atoms with van der Waals surface area (Å²) in [5, 5.41) is 20.9. The lowest BCUT2D eigenvalue weighted by Gasteiger charge is -2.43. The van der Waals surface area contributed by atoms with E-state index in [1.165, 1.54) is 10.6 Å². The molecule has 2 bridgehead atoms. The Hall–Kier alpha value is -3.63. The highest BCUT2D eigenvalue weighted by atomic mass is 16.8. The molecule has 0 radical (unpaired) electrons. The number of amides is 1. The Morgan fingerprint density at radius 2 is 1.97 bits per heavy atom. The Labute approximate surface area is 199 Å². The Bertz CT molecular complexity index is 1460. The van der Waals surface area contributed by atoms with Crippen molar-refractivity contribution in [3.05, 3.63) is 73.1 Å². The number of rotatable bonds is 4. The second kappa shape index (κ2) is 8.24. The fourth-order valence-corrected chi connectivity index (χ4v) is 5.87. The minimum absolute atomic E-state index is 0.0379. The number of ether oxygens (including phenoxy) is 1. The minimum atomic E-state index is -0.522. The molecule has 182 valence electrons. The zero-order valence-corrected chi connectivity index (χ0v) is 18.9. The van der Waals surface area contributed by atoms with Gasteiger partial charge in [0.1, 0.15) is 17.0 Å². The quantitative estimate of drug-likeness (QED) is 0.446. The van der Waals surface area contributed by atoms with E-state index in [1.54, 1.807) is 23.1 Å². The van der Waals surface area contributed by atoms with Gasteiger partial charge < -0.3 is 29.1 Å². The van der Waals surface area contributed by atoms with Crippen LogP contribution in [-0.2, 0) is 24.2 Å². The summed E-state index contributed by atoms with van der Waals surface area (Å²) in [5.74, 6) is 0.321. The smallest absolute Gasteiger partial charge is 0.339 e. The van der Waals surface area contributed by atoms with E-state index in [-0.39, 0.29) is 35.7 Å². The van der Waals surface area contributed by atoms with Crippen molar-refractivity contribution in [2.75, 3.05) is 24.9 Å². The molecular formula is C25H24N3O7-. The SMILES string of the molecule is O=C(COc1ccc2c3c(c(=O)oc2c1)CCC3)N1C[C@@H]2C[C@@H](C1)c1ccc(N([O-])O)c(=O)n1C2. The fraction of sp³-hybridized carbons (Fsp3) is 0.400. The van der Waals surface area contributed by atoms with Crippen LogP contribution < -0.4 is 21.1 Å². The topological polar surface area (TPSA) is 128 Å². The van der Waals surface area contributed by atoms with Gasteiger partial charge in [0.25, 0.3) is 11.5 Å². The number of hydrogen-bond donors (Lipinski definition) is 1. The molecule has 2 aromatic heterocycles. The summed E-state index contributed by atoms with van der Waals surface area (Å²) in [4.78, 5) is 39.5. The molecule has 10 heteroatoms. The molecule has 0 spiro atoms. The summed E-state index contributed by atoms with van der Waals surface area (Å²) in [6, 6.07) is 8.32. The summed E-state index contributed by atoms with van der Waals surface area (Å²) in [5.41, 5.74) is 1.90. The number of likely N-dealkylation sites (tertiary alicyclic amines) is 1. The lowest BCUT2D eigenvalue weighted by atomic mass is 9.83. The lowest BCUT2D eigenvalue weighted by molar-refractivity contribution is -0.136. The molecule has 1 N–H and O–H groups in total. The summed E-state index contributed by atoms with van der Waals surface area (Å²) >= 11 is 0. The van der Waals surface area contributed by atoms with Gasteiger partial charge >= 0.3 is 5.63 Å². The number of carbonyl (C=O) groups is 1. The number of aryl methyl sites for hydroxylation is 1. The van der Waals surface area contributed by atoms with Gasteiger partial charge in [-0.3, -0.25) is 14.8 Å². The van der Waals surface area contributed by atoms with Crippen molar-refractivity contribution in [2.45, 2.75) is 38.1 Å². The van der Waals surface area contributed by atoms with Gasteiger partial charge in [-0.2, -0.15) is 0 Å². The highest BCUT2D eigenvalue weighted by Crippen LogP contribution is 2.36. The number of anilines is 1. The highest BCUT2D eigenvalue weighted by Gasteiger charge is 2.36. The van der Waals surface area contributed by atoms with Crippen LogP contribution in [0.3, 0.4) is 0 Å². The first-order valence-electron chi connectivity index (χ1n) is 11.8. The number of pyridine rings is 1. The third-order valence-electron chi connectivity index (χ3n) is 7.45. The summed E-state index contributed by atoms with van der Waals surface area (Å²) in [6.07, 6.45) is 3.40. The van der Waals surface area contributed by atoms with Crippen molar-refractivity contribution in [3.63, 3.8) is 0 Å². The van der Waals surface area contributed by atoms with Gasteiger partial charge in [0.2, 0.25) is 0 Å². The van der Waals surface area contributed by atoms with Crippen LogP contribution in [0.1, 0.15) is 35.6 Å². The normalized spacial score (nSPS) is 20.5. The molecule has 0 saturated carbocycles. The Morgan fingerprint density at radius 1 is 1.14 bits per heavy atom. The van der Waals surface area contributed by atoms with E-state index in [4.69, 9.17) is 14.4 Å². The Kier molecular flexibility index (Phi) is 5.15. The van der Waals surface area contributed by atoms with Crippen LogP contribution in [0.15, 0.2) is 44.3 Å². The Morgan fingerprint density at radius 3 is 2.80 bits per heavy atom. The molecule has 2 atom stereocenters. The van der Waals surface area contributed by atoms with Crippen molar-refractivity contribution in [3.8, 4) is 5.75 Å². The average Bonchev–Trinajstić information content (AvgIpc) is 3.34. The number of nitrogens with zero attached hydrogens (tertiary/aromatic N) is 3. The Balaban J connectivity index is 1.17. The molecular weight excluding hydrogens is 454 g/mol. The van der Waals surface area contributed by atoms with Crippen LogP contribution in [0.2, 0.25) is 0 Å². The van der Waals surface area contributed by atoms with E-state index in [0.717, 1.165) is 47.9 Å². The molecule has 35 heavy (non-hydrogen) atoms. The van der Waals surface area contributed by atoms with Crippen molar-refractivity contribution in [1.82, 2.24) is 9.47 Å². The molecule has 1 saturated heterocycles. The first-order valence-corrected chi connectivity index (χ1v) is 11.8. The molecule has 1 fully saturated rings. The summed E-state index contributed by atoms with van der Waals surface area (Å²) < 4.78 is 12.8. The monoisotopic (exact) mass is 478 g/mol. The van der Waals surface area contributed by atoms with Crippen LogP contribution >= 0.6 is 0 Å². The first kappa shape index (κ1) is 21.9. The van der Waals surface area contributed by atoms with Gasteiger partial charge in [0.15, 0.2) is 6.61 Å². The maximum Gasteiger partial charge on any atom is 0.339 e. The summed E-state index contributed by atoms with van der Waals surface area (Å²) in [6.45, 7) is 1.15. The van der Waals surface area contributed by atoms with Crippen LogP contribution in [0.25, 0.3) is 11.0 Å². The molecule has 0 unspecified atom stereocenters. The molecule has 3 aliphatic rings. The molecule has 2 aliphatic heterocycles. The molecule has 1 aromatic carbocycles. The third kappa shape index (κ3) is 3.69. The second-order valence-electron chi connectivity index (χ2n) is 9.58. The molecule has 1 aliphatic carbocycles. The standard InChI is InChI=1S/C25H24N3O7/c29-23(13-34-16-4-5-18-17-2-1-3-19(17)25(31)35-22(18)9-16)26-10-14-8-15(12-26)20-6-7-21(28(32)33)24(30)27(20)11-14/h4-7,9,14-15,32H,1-3,8,10-13H2/q-1/t14-,15-/m0/s1. The summed E-state index contributed by atoms with van der Waals surface area (Å²) in [7, 11) is 0. The molecule has 10 nitrogen and oxygen atoms in total. The van der Waals surface area contributed by atoms with Gasteiger partial charge in [-0.05, 0) is 61.4 Å². The van der Waals surface area contributed by atoms with Crippen LogP contribution in [-0.4, -0.2) is 40.3 Å². The predicted molar refractivity (Wildman–Crippen MR) is 126 cm³/mol. The average molecular weight is 478 g/mol. The van der Waals surface area contributed by atoms with Crippen molar-refractivity contribution >= 4 is 22.6 Å². The van der Waals surface area contributed by atoms with Crippen LogP contribution in [0, 0.1) is 11.1 Å². The maximum absolute atomic E-state index is 13.0. The number of benzene rings is 1. The van der Waals surface area contributed by atoms with E-state index in [1.807, 2.05) is 6.07 Å². The number of hydrogen-bond acceptors (Lipinski definition) is 8. The predicted octanol–water partition coefficient (Wildman–Crippen LogP) is 2.16. The molecule has 4 heterocycles. The van der Waals surface area contributed by atoms with Crippen LogP contribution in [0.4, 0.5) is 5.69 Å². The first-order chi connectivity index (χ1) is 16.9. The van der Waals surface area contributed by atoms with E-state index >= 15 is 0 Å². The highest BCUT2D eigenvalue weighted by molar-refractivity contribution is 5.83. The number of aromatic nitrogens is 1. The van der Waals surface area contributed by atoms with E-state index in [2.05, 4.69) is 0 Å². The molecule has 1 amide bonds. The second-order valence-corrected chi connectivity index (χ2v) is 9.58. The van der Waals surface area contributed by atoms with E-state index < -0.39 is 10.8 Å². The van der Waals surface area contributed by atoms with Gasteiger partial charge in [-0.1, -0.05) is 0 Å². The van der Waals surface area contributed by atoms with E-state index in [0.29, 0.717) is 31.0 Å². The largest absolute Gasteiger partial charge is 0.733 e. The molecule has 6 rings (SSSR count).